The molecule has 10 heavy (non-hydrogen) atoms. The van der Waals surface area contributed by atoms with E-state index in [2.05, 4.69) is 0 Å². The van der Waals surface area contributed by atoms with Gasteiger partial charge in [0.05, 0.1) is 12.2 Å². The molecule has 2 heteroatoms. The van der Waals surface area contributed by atoms with Gasteiger partial charge in [-0.15, -0.1) is 0 Å². The van der Waals surface area contributed by atoms with E-state index >= 15 is 0 Å². The van der Waals surface area contributed by atoms with Crippen molar-refractivity contribution in [3.63, 3.8) is 0 Å². The lowest BCUT2D eigenvalue weighted by Crippen LogP contribution is -2.33. The van der Waals surface area contributed by atoms with Crippen LogP contribution in [0, 0.1) is 5.41 Å². The molecule has 0 unspecified atom stereocenters. The van der Waals surface area contributed by atoms with Gasteiger partial charge >= 0.3 is 0 Å². The zero-order valence-corrected chi connectivity index (χ0v) is 7.31. The van der Waals surface area contributed by atoms with Crippen LogP contribution < -0.4 is 0 Å². The van der Waals surface area contributed by atoms with Crippen molar-refractivity contribution in [1.82, 2.24) is 0 Å². The van der Waals surface area contributed by atoms with Gasteiger partial charge in [0.2, 0.25) is 0 Å². The number of aliphatic hydroxyl groups excluding tert-OH is 1. The highest BCUT2D eigenvalue weighted by atomic mass is 16.3. The average Bonchev–Trinajstić information content (AvgIpc) is 1.60. The number of hydrogen-bond acceptors (Lipinski definition) is 2. The standard InChI is InChI=1S/C8H18O2/c1-7(2,3)5-8(4,10)6-9/h9-10H,5-6H2,1-4H3/t8-/m0/s1. The summed E-state index contributed by atoms with van der Waals surface area (Å²) in [6.07, 6.45) is 0.622. The second-order valence-electron chi connectivity index (χ2n) is 4.39. The van der Waals surface area contributed by atoms with Crippen LogP contribution in [0.1, 0.15) is 34.1 Å². The maximum Gasteiger partial charge on any atom is 0.0854 e. The van der Waals surface area contributed by atoms with Crippen molar-refractivity contribution in [2.45, 2.75) is 39.7 Å². The van der Waals surface area contributed by atoms with E-state index in [0.29, 0.717) is 6.42 Å². The minimum atomic E-state index is -0.918. The molecule has 2 N–H and O–H groups in total. The van der Waals surface area contributed by atoms with Crippen molar-refractivity contribution < 1.29 is 10.2 Å². The van der Waals surface area contributed by atoms with Crippen molar-refractivity contribution in [2.24, 2.45) is 5.41 Å². The van der Waals surface area contributed by atoms with E-state index in [1.165, 1.54) is 0 Å². The fourth-order valence-electron chi connectivity index (χ4n) is 1.20. The highest BCUT2D eigenvalue weighted by molar-refractivity contribution is 4.78. The summed E-state index contributed by atoms with van der Waals surface area (Å²) >= 11 is 0. The van der Waals surface area contributed by atoms with Crippen molar-refractivity contribution >= 4 is 0 Å². The first kappa shape index (κ1) is 9.92. The minimum absolute atomic E-state index is 0.0756. The summed E-state index contributed by atoms with van der Waals surface area (Å²) in [6.45, 7) is 7.61. The van der Waals surface area contributed by atoms with Crippen LogP contribution in [-0.4, -0.2) is 22.4 Å². The number of aliphatic hydroxyl groups is 2. The minimum Gasteiger partial charge on any atom is -0.393 e. The van der Waals surface area contributed by atoms with Gasteiger partial charge in [-0.25, -0.2) is 0 Å². The van der Waals surface area contributed by atoms with E-state index < -0.39 is 5.60 Å². The van der Waals surface area contributed by atoms with Gasteiger partial charge in [-0.05, 0) is 18.8 Å². The molecule has 0 saturated heterocycles. The average molecular weight is 146 g/mol. The summed E-state index contributed by atoms with van der Waals surface area (Å²) < 4.78 is 0. The fourth-order valence-corrected chi connectivity index (χ4v) is 1.20. The Hall–Kier alpha value is -0.0800. The third-order valence-corrected chi connectivity index (χ3v) is 1.25. The molecular weight excluding hydrogens is 128 g/mol. The molecule has 1 atom stereocenters. The molecule has 0 saturated carbocycles. The van der Waals surface area contributed by atoms with Crippen molar-refractivity contribution in [2.75, 3.05) is 6.61 Å². The van der Waals surface area contributed by atoms with Crippen molar-refractivity contribution in [3.05, 3.63) is 0 Å². The molecule has 0 aromatic heterocycles. The van der Waals surface area contributed by atoms with Crippen LogP contribution in [0.15, 0.2) is 0 Å². The Morgan fingerprint density at radius 2 is 1.50 bits per heavy atom. The normalized spacial score (nSPS) is 18.6. The Labute approximate surface area is 62.9 Å². The summed E-state index contributed by atoms with van der Waals surface area (Å²) in [6, 6.07) is 0. The Bertz CT molecular complexity index is 100. The van der Waals surface area contributed by atoms with Crippen LogP contribution in [0.5, 0.6) is 0 Å². The molecule has 0 spiro atoms. The molecule has 0 aromatic rings. The van der Waals surface area contributed by atoms with E-state index in [1.54, 1.807) is 6.92 Å². The highest BCUT2D eigenvalue weighted by Crippen LogP contribution is 2.26. The van der Waals surface area contributed by atoms with Gasteiger partial charge < -0.3 is 10.2 Å². The van der Waals surface area contributed by atoms with Crippen LogP contribution >= 0.6 is 0 Å². The van der Waals surface area contributed by atoms with E-state index in [0.717, 1.165) is 0 Å². The summed E-state index contributed by atoms with van der Waals surface area (Å²) in [5.41, 5.74) is -0.843. The van der Waals surface area contributed by atoms with Gasteiger partial charge in [-0.2, -0.15) is 0 Å². The van der Waals surface area contributed by atoms with Crippen LogP contribution in [0.2, 0.25) is 0 Å². The SMILES string of the molecule is CC(C)(C)C[C@](C)(O)CO. The molecular formula is C8H18O2. The summed E-state index contributed by atoms with van der Waals surface area (Å²) in [7, 11) is 0. The van der Waals surface area contributed by atoms with E-state index in [1.807, 2.05) is 20.8 Å². The summed E-state index contributed by atoms with van der Waals surface area (Å²) in [4.78, 5) is 0. The first-order chi connectivity index (χ1) is 4.27. The fraction of sp³-hybridized carbons (Fsp3) is 1.00. The summed E-state index contributed by atoms with van der Waals surface area (Å²) in [5, 5.41) is 18.1. The van der Waals surface area contributed by atoms with Gasteiger partial charge in [-0.3, -0.25) is 0 Å². The second kappa shape index (κ2) is 2.89. The Balaban J connectivity index is 3.89. The molecule has 0 aliphatic carbocycles. The molecule has 0 rings (SSSR count). The molecule has 0 heterocycles. The van der Waals surface area contributed by atoms with Gasteiger partial charge in [-0.1, -0.05) is 20.8 Å². The molecule has 0 radical (unpaired) electrons. The third kappa shape index (κ3) is 4.77. The molecule has 0 amide bonds. The largest absolute Gasteiger partial charge is 0.393 e. The number of rotatable bonds is 2. The smallest absolute Gasteiger partial charge is 0.0854 e. The molecule has 2 nitrogen and oxygen atoms in total. The van der Waals surface area contributed by atoms with E-state index in [-0.39, 0.29) is 12.0 Å². The third-order valence-electron chi connectivity index (χ3n) is 1.25. The molecule has 0 aliphatic rings. The predicted octanol–water partition coefficient (Wildman–Crippen LogP) is 1.17. The van der Waals surface area contributed by atoms with E-state index in [9.17, 15) is 5.11 Å². The Morgan fingerprint density at radius 3 is 1.60 bits per heavy atom. The molecule has 0 aromatic carbocycles. The monoisotopic (exact) mass is 146 g/mol. The van der Waals surface area contributed by atoms with E-state index in [4.69, 9.17) is 5.11 Å². The van der Waals surface area contributed by atoms with Crippen LogP contribution in [0.25, 0.3) is 0 Å². The topological polar surface area (TPSA) is 40.5 Å². The lowest BCUT2D eigenvalue weighted by atomic mass is 9.83. The van der Waals surface area contributed by atoms with Gasteiger partial charge in [0.1, 0.15) is 0 Å². The van der Waals surface area contributed by atoms with Crippen molar-refractivity contribution in [1.29, 1.82) is 0 Å². The van der Waals surface area contributed by atoms with Gasteiger partial charge in [0, 0.05) is 0 Å². The molecule has 0 aliphatic heterocycles. The Morgan fingerprint density at radius 1 is 1.10 bits per heavy atom. The summed E-state index contributed by atoms with van der Waals surface area (Å²) in [5.74, 6) is 0. The zero-order valence-electron chi connectivity index (χ0n) is 7.31. The first-order valence-corrected chi connectivity index (χ1v) is 3.60. The lowest BCUT2D eigenvalue weighted by Gasteiger charge is -2.29. The molecule has 0 bridgehead atoms. The molecule has 0 fully saturated rings. The number of hydrogen-bond donors (Lipinski definition) is 2. The Kier molecular flexibility index (Phi) is 2.86. The maximum atomic E-state index is 9.41. The van der Waals surface area contributed by atoms with Gasteiger partial charge in [0.25, 0.3) is 0 Å². The first-order valence-electron chi connectivity index (χ1n) is 3.60. The predicted molar refractivity (Wildman–Crippen MR) is 41.8 cm³/mol. The highest BCUT2D eigenvalue weighted by Gasteiger charge is 2.26. The van der Waals surface area contributed by atoms with Gasteiger partial charge in [0.15, 0.2) is 0 Å². The van der Waals surface area contributed by atoms with Crippen LogP contribution in [0.4, 0.5) is 0 Å². The second-order valence-corrected chi connectivity index (χ2v) is 4.39. The van der Waals surface area contributed by atoms with Crippen LogP contribution in [0.3, 0.4) is 0 Å². The maximum absolute atomic E-state index is 9.41. The molecule has 62 valence electrons. The quantitative estimate of drug-likeness (QED) is 0.614. The van der Waals surface area contributed by atoms with Crippen LogP contribution in [-0.2, 0) is 0 Å². The lowest BCUT2D eigenvalue weighted by molar-refractivity contribution is -0.0280. The van der Waals surface area contributed by atoms with Crippen molar-refractivity contribution in [3.8, 4) is 0 Å². The zero-order chi connectivity index (χ0) is 8.41.